The van der Waals surface area contributed by atoms with Crippen molar-refractivity contribution in [1.82, 2.24) is 0 Å². The normalized spacial score (nSPS) is 13.2. The fraction of sp³-hybridized carbons (Fsp3) is 0.333. The van der Waals surface area contributed by atoms with Crippen LogP contribution in [-0.2, 0) is 0 Å². The van der Waals surface area contributed by atoms with Gasteiger partial charge in [0.2, 0.25) is 0 Å². The summed E-state index contributed by atoms with van der Waals surface area (Å²) in [7, 11) is 0. The molecule has 0 amide bonds. The fourth-order valence-electron chi connectivity index (χ4n) is 1.56. The monoisotopic (exact) mass is 255 g/mol. The van der Waals surface area contributed by atoms with E-state index in [1.165, 1.54) is 0 Å². The van der Waals surface area contributed by atoms with Crippen LogP contribution < -0.4 is 5.73 Å². The Labute approximate surface area is 104 Å². The van der Waals surface area contributed by atoms with Crippen LogP contribution in [0.25, 0.3) is 11.0 Å². The van der Waals surface area contributed by atoms with Crippen molar-refractivity contribution < 1.29 is 4.42 Å². The summed E-state index contributed by atoms with van der Waals surface area (Å²) in [5.41, 5.74) is 6.77. The lowest BCUT2D eigenvalue weighted by Crippen LogP contribution is -2.11. The van der Waals surface area contributed by atoms with E-state index in [2.05, 4.69) is 6.92 Å². The largest absolute Gasteiger partial charge is 0.458 e. The van der Waals surface area contributed by atoms with Gasteiger partial charge < -0.3 is 10.2 Å². The highest BCUT2D eigenvalue weighted by molar-refractivity contribution is 7.99. The van der Waals surface area contributed by atoms with Crippen molar-refractivity contribution in [2.24, 2.45) is 5.73 Å². The van der Waals surface area contributed by atoms with Crippen LogP contribution in [0, 0.1) is 0 Å². The van der Waals surface area contributed by atoms with Gasteiger partial charge in [0, 0.05) is 11.1 Å². The molecule has 0 saturated heterocycles. The molecule has 0 saturated carbocycles. The van der Waals surface area contributed by atoms with E-state index in [4.69, 9.17) is 21.8 Å². The molecule has 16 heavy (non-hydrogen) atoms. The third-order valence-electron chi connectivity index (χ3n) is 2.38. The number of hydrogen-bond donors (Lipinski definition) is 1. The number of benzene rings is 1. The summed E-state index contributed by atoms with van der Waals surface area (Å²) in [6.07, 6.45) is 0. The second kappa shape index (κ2) is 5.13. The minimum absolute atomic E-state index is 0.0617. The van der Waals surface area contributed by atoms with Crippen LogP contribution in [0.4, 0.5) is 0 Å². The molecule has 0 radical (unpaired) electrons. The van der Waals surface area contributed by atoms with Crippen molar-refractivity contribution >= 4 is 34.3 Å². The van der Waals surface area contributed by atoms with Gasteiger partial charge in [0.25, 0.3) is 0 Å². The first-order chi connectivity index (χ1) is 7.72. The molecule has 0 aliphatic rings. The first-order valence-corrected chi connectivity index (χ1v) is 6.77. The van der Waals surface area contributed by atoms with Gasteiger partial charge in [-0.15, -0.1) is 0 Å². The van der Waals surface area contributed by atoms with Crippen LogP contribution in [0.1, 0.15) is 18.7 Å². The Balaban J connectivity index is 2.29. The van der Waals surface area contributed by atoms with Crippen LogP contribution in [-0.4, -0.2) is 11.5 Å². The summed E-state index contributed by atoms with van der Waals surface area (Å²) in [4.78, 5) is 0. The molecule has 1 aromatic heterocycles. The number of thioether (sulfide) groups is 1. The standard InChI is InChI=1S/C12H14ClNOS/c1-2-16-7-10(14)11-6-8-4-3-5-9(13)12(8)15-11/h3-6,10H,2,7,14H2,1H3. The van der Waals surface area contributed by atoms with Crippen LogP contribution in [0.2, 0.25) is 5.02 Å². The van der Waals surface area contributed by atoms with E-state index >= 15 is 0 Å². The van der Waals surface area contributed by atoms with Gasteiger partial charge in [0.15, 0.2) is 5.58 Å². The number of para-hydroxylation sites is 1. The molecule has 0 bridgehead atoms. The number of furan rings is 1. The summed E-state index contributed by atoms with van der Waals surface area (Å²) in [5, 5.41) is 1.65. The van der Waals surface area contributed by atoms with E-state index in [0.717, 1.165) is 28.2 Å². The minimum Gasteiger partial charge on any atom is -0.458 e. The highest BCUT2D eigenvalue weighted by atomic mass is 35.5. The maximum Gasteiger partial charge on any atom is 0.152 e. The fourth-order valence-corrected chi connectivity index (χ4v) is 2.43. The van der Waals surface area contributed by atoms with Gasteiger partial charge in [0.05, 0.1) is 11.1 Å². The van der Waals surface area contributed by atoms with E-state index in [0.29, 0.717) is 5.02 Å². The highest BCUT2D eigenvalue weighted by Gasteiger charge is 2.13. The highest BCUT2D eigenvalue weighted by Crippen LogP contribution is 2.29. The maximum atomic E-state index is 6.04. The molecular formula is C12H14ClNOS. The molecule has 2 aromatic rings. The smallest absolute Gasteiger partial charge is 0.152 e. The van der Waals surface area contributed by atoms with Gasteiger partial charge in [-0.1, -0.05) is 30.7 Å². The van der Waals surface area contributed by atoms with E-state index in [1.807, 2.05) is 36.0 Å². The summed E-state index contributed by atoms with van der Waals surface area (Å²) in [5.74, 6) is 2.74. The summed E-state index contributed by atoms with van der Waals surface area (Å²) in [6.45, 7) is 2.12. The lowest BCUT2D eigenvalue weighted by molar-refractivity contribution is 0.516. The molecule has 2 rings (SSSR count). The van der Waals surface area contributed by atoms with Crippen LogP contribution >= 0.6 is 23.4 Å². The molecule has 86 valence electrons. The van der Waals surface area contributed by atoms with Crippen molar-refractivity contribution in [2.45, 2.75) is 13.0 Å². The van der Waals surface area contributed by atoms with Gasteiger partial charge in [0.1, 0.15) is 5.76 Å². The molecule has 1 unspecified atom stereocenters. The molecule has 0 aliphatic carbocycles. The number of rotatable bonds is 4. The Morgan fingerprint density at radius 2 is 2.31 bits per heavy atom. The maximum absolute atomic E-state index is 6.04. The molecule has 2 nitrogen and oxygen atoms in total. The Hall–Kier alpha value is -0.640. The van der Waals surface area contributed by atoms with Crippen LogP contribution in [0.3, 0.4) is 0 Å². The van der Waals surface area contributed by atoms with Crippen molar-refractivity contribution in [2.75, 3.05) is 11.5 Å². The molecule has 1 aromatic carbocycles. The number of hydrogen-bond acceptors (Lipinski definition) is 3. The van der Waals surface area contributed by atoms with Crippen molar-refractivity contribution in [3.05, 3.63) is 35.0 Å². The lowest BCUT2D eigenvalue weighted by Gasteiger charge is -2.06. The predicted molar refractivity (Wildman–Crippen MR) is 71.2 cm³/mol. The lowest BCUT2D eigenvalue weighted by atomic mass is 10.2. The Morgan fingerprint density at radius 1 is 1.50 bits per heavy atom. The van der Waals surface area contributed by atoms with Gasteiger partial charge in [-0.2, -0.15) is 11.8 Å². The molecule has 0 spiro atoms. The van der Waals surface area contributed by atoms with Crippen molar-refractivity contribution in [1.29, 1.82) is 0 Å². The third kappa shape index (κ3) is 2.37. The minimum atomic E-state index is -0.0617. The van der Waals surface area contributed by atoms with Gasteiger partial charge in [-0.05, 0) is 17.9 Å². The number of nitrogens with two attached hydrogens (primary N) is 1. The molecule has 0 aliphatic heterocycles. The second-order valence-corrected chi connectivity index (χ2v) is 5.30. The average molecular weight is 256 g/mol. The number of halogens is 1. The molecule has 2 N–H and O–H groups in total. The zero-order chi connectivity index (χ0) is 11.5. The molecule has 4 heteroatoms. The SMILES string of the molecule is CCSCC(N)c1cc2cccc(Cl)c2o1. The quantitative estimate of drug-likeness (QED) is 0.902. The third-order valence-corrected chi connectivity index (χ3v) is 3.68. The number of fused-ring (bicyclic) bond motifs is 1. The van der Waals surface area contributed by atoms with E-state index in [1.54, 1.807) is 0 Å². The molecular weight excluding hydrogens is 242 g/mol. The van der Waals surface area contributed by atoms with E-state index < -0.39 is 0 Å². The van der Waals surface area contributed by atoms with E-state index in [-0.39, 0.29) is 6.04 Å². The summed E-state index contributed by atoms with van der Waals surface area (Å²) >= 11 is 7.85. The summed E-state index contributed by atoms with van der Waals surface area (Å²) in [6, 6.07) is 7.63. The summed E-state index contributed by atoms with van der Waals surface area (Å²) < 4.78 is 5.69. The Kier molecular flexibility index (Phi) is 3.79. The first-order valence-electron chi connectivity index (χ1n) is 5.23. The zero-order valence-electron chi connectivity index (χ0n) is 9.07. The average Bonchev–Trinajstić information content (AvgIpc) is 2.71. The van der Waals surface area contributed by atoms with Gasteiger partial charge in [-0.3, -0.25) is 0 Å². The van der Waals surface area contributed by atoms with Crippen molar-refractivity contribution in [3.63, 3.8) is 0 Å². The van der Waals surface area contributed by atoms with Gasteiger partial charge in [-0.25, -0.2) is 0 Å². The first kappa shape index (κ1) is 11.8. The Bertz CT molecular complexity index is 483. The second-order valence-electron chi connectivity index (χ2n) is 3.57. The van der Waals surface area contributed by atoms with Crippen LogP contribution in [0.15, 0.2) is 28.7 Å². The molecule has 1 heterocycles. The molecule has 0 fully saturated rings. The van der Waals surface area contributed by atoms with Gasteiger partial charge >= 0.3 is 0 Å². The van der Waals surface area contributed by atoms with E-state index in [9.17, 15) is 0 Å². The topological polar surface area (TPSA) is 39.2 Å². The predicted octanol–water partition coefficient (Wildman–Crippen LogP) is 3.84. The van der Waals surface area contributed by atoms with Crippen LogP contribution in [0.5, 0.6) is 0 Å². The Morgan fingerprint density at radius 3 is 3.00 bits per heavy atom. The van der Waals surface area contributed by atoms with Crippen molar-refractivity contribution in [3.8, 4) is 0 Å². The zero-order valence-corrected chi connectivity index (χ0v) is 10.6. The molecule has 1 atom stereocenters.